The summed E-state index contributed by atoms with van der Waals surface area (Å²) < 4.78 is 45.2. The number of hydrogen-bond donors (Lipinski definition) is 0. The minimum atomic E-state index is -4.54. The fourth-order valence-electron chi connectivity index (χ4n) is 2.56. The summed E-state index contributed by atoms with van der Waals surface area (Å²) in [6.07, 6.45) is -2.98. The van der Waals surface area contributed by atoms with Gasteiger partial charge >= 0.3 is 6.18 Å². The third-order valence-electron chi connectivity index (χ3n) is 3.87. The highest BCUT2D eigenvalue weighted by Gasteiger charge is 2.33. The van der Waals surface area contributed by atoms with Crippen LogP contribution < -0.4 is 0 Å². The van der Waals surface area contributed by atoms with Gasteiger partial charge < -0.3 is 4.42 Å². The maximum Gasteiger partial charge on any atom is 0.435 e. The van der Waals surface area contributed by atoms with Crippen molar-refractivity contribution in [3.05, 3.63) is 66.2 Å². The van der Waals surface area contributed by atoms with E-state index in [2.05, 4.69) is 20.4 Å². The average molecular weight is 403 g/mol. The van der Waals surface area contributed by atoms with Crippen molar-refractivity contribution in [3.8, 4) is 17.1 Å². The number of para-hydroxylation sites is 1. The zero-order valence-electron chi connectivity index (χ0n) is 14.4. The highest BCUT2D eigenvalue weighted by atomic mass is 32.2. The van der Waals surface area contributed by atoms with Gasteiger partial charge in [0.05, 0.1) is 11.8 Å². The van der Waals surface area contributed by atoms with Gasteiger partial charge in [0.1, 0.15) is 10.8 Å². The third-order valence-corrected chi connectivity index (χ3v) is 4.75. The number of halogens is 3. The second-order valence-corrected chi connectivity index (χ2v) is 6.71. The van der Waals surface area contributed by atoms with E-state index in [1.54, 1.807) is 16.9 Å². The minimum Gasteiger partial charge on any atom is -0.469 e. The van der Waals surface area contributed by atoms with E-state index in [1.807, 2.05) is 37.3 Å². The Bertz CT molecular complexity index is 1090. The SMILES string of the molecule is Cc1occc1-c1nnc(Sc2ccc(C(F)(F)F)nn2)n1-c1ccccc1. The lowest BCUT2D eigenvalue weighted by molar-refractivity contribution is -0.141. The van der Waals surface area contributed by atoms with Crippen LogP contribution in [0.1, 0.15) is 11.5 Å². The first-order valence-electron chi connectivity index (χ1n) is 8.07. The molecule has 3 heterocycles. The molecule has 0 radical (unpaired) electrons. The Balaban J connectivity index is 1.76. The Labute approximate surface area is 161 Å². The monoisotopic (exact) mass is 403 g/mol. The lowest BCUT2D eigenvalue weighted by atomic mass is 10.2. The second kappa shape index (κ2) is 7.12. The standard InChI is InChI=1S/C18H12F3N5OS/c1-11-13(9-10-27-11)16-24-25-17(26(16)12-5-3-2-4-6-12)28-15-8-7-14(22-23-15)18(19,20)21/h2-10H,1H3. The van der Waals surface area contributed by atoms with E-state index in [9.17, 15) is 13.2 Å². The van der Waals surface area contributed by atoms with Crippen LogP contribution in [0.2, 0.25) is 0 Å². The van der Waals surface area contributed by atoms with Crippen molar-refractivity contribution in [2.45, 2.75) is 23.3 Å². The summed E-state index contributed by atoms with van der Waals surface area (Å²) in [7, 11) is 0. The van der Waals surface area contributed by atoms with E-state index in [0.29, 0.717) is 16.7 Å². The van der Waals surface area contributed by atoms with Crippen molar-refractivity contribution in [1.82, 2.24) is 25.0 Å². The fourth-order valence-corrected chi connectivity index (χ4v) is 3.33. The average Bonchev–Trinajstić information content (AvgIpc) is 3.28. The van der Waals surface area contributed by atoms with Crippen LogP contribution in [-0.4, -0.2) is 25.0 Å². The van der Waals surface area contributed by atoms with Gasteiger partial charge in [-0.05, 0) is 49.0 Å². The molecule has 1 aromatic carbocycles. The predicted molar refractivity (Wildman–Crippen MR) is 95.0 cm³/mol. The Morgan fingerprint density at radius 3 is 2.32 bits per heavy atom. The molecule has 0 spiro atoms. The lowest BCUT2D eigenvalue weighted by Crippen LogP contribution is -2.08. The van der Waals surface area contributed by atoms with Crippen molar-refractivity contribution < 1.29 is 17.6 Å². The summed E-state index contributed by atoms with van der Waals surface area (Å²) in [6, 6.07) is 13.3. The molecule has 4 aromatic rings. The highest BCUT2D eigenvalue weighted by molar-refractivity contribution is 7.99. The van der Waals surface area contributed by atoms with E-state index in [-0.39, 0.29) is 5.03 Å². The second-order valence-electron chi connectivity index (χ2n) is 5.72. The van der Waals surface area contributed by atoms with Crippen LogP contribution >= 0.6 is 11.8 Å². The van der Waals surface area contributed by atoms with Gasteiger partial charge in [-0.2, -0.15) is 13.2 Å². The smallest absolute Gasteiger partial charge is 0.435 e. The quantitative estimate of drug-likeness (QED) is 0.488. The molecule has 0 unspecified atom stereocenters. The molecule has 0 bridgehead atoms. The molecule has 4 rings (SSSR count). The van der Waals surface area contributed by atoms with E-state index < -0.39 is 11.9 Å². The maximum atomic E-state index is 12.7. The molecule has 0 aliphatic heterocycles. The van der Waals surface area contributed by atoms with Gasteiger partial charge in [0.2, 0.25) is 5.16 Å². The molecule has 10 heteroatoms. The van der Waals surface area contributed by atoms with Crippen LogP contribution in [-0.2, 0) is 6.18 Å². The van der Waals surface area contributed by atoms with Gasteiger partial charge in [0.15, 0.2) is 11.5 Å². The van der Waals surface area contributed by atoms with Crippen molar-refractivity contribution in [3.63, 3.8) is 0 Å². The number of aryl methyl sites for hydroxylation is 1. The maximum absolute atomic E-state index is 12.7. The number of aromatic nitrogens is 5. The highest BCUT2D eigenvalue weighted by Crippen LogP contribution is 2.33. The Morgan fingerprint density at radius 1 is 0.929 bits per heavy atom. The van der Waals surface area contributed by atoms with Gasteiger partial charge in [-0.15, -0.1) is 20.4 Å². The van der Waals surface area contributed by atoms with Crippen LogP contribution in [0, 0.1) is 6.92 Å². The Hall–Kier alpha value is -3.14. The molecule has 0 saturated carbocycles. The number of benzene rings is 1. The Kier molecular flexibility index (Phi) is 4.63. The molecule has 28 heavy (non-hydrogen) atoms. The molecule has 0 atom stereocenters. The first kappa shape index (κ1) is 18.2. The molecule has 0 saturated heterocycles. The molecule has 0 fully saturated rings. The Morgan fingerprint density at radius 2 is 1.71 bits per heavy atom. The van der Waals surface area contributed by atoms with Crippen LogP contribution in [0.3, 0.4) is 0 Å². The van der Waals surface area contributed by atoms with Crippen LogP contribution in [0.25, 0.3) is 17.1 Å². The summed E-state index contributed by atoms with van der Waals surface area (Å²) in [5.74, 6) is 1.23. The van der Waals surface area contributed by atoms with Gasteiger partial charge in [-0.3, -0.25) is 4.57 Å². The molecule has 0 amide bonds. The molecule has 142 valence electrons. The number of furan rings is 1. The van der Waals surface area contributed by atoms with Crippen molar-refractivity contribution in [2.75, 3.05) is 0 Å². The molecule has 6 nitrogen and oxygen atoms in total. The number of rotatable bonds is 4. The molecule has 0 aliphatic carbocycles. The molecule has 0 aliphatic rings. The number of hydrogen-bond acceptors (Lipinski definition) is 6. The van der Waals surface area contributed by atoms with Crippen LogP contribution in [0.5, 0.6) is 0 Å². The summed E-state index contributed by atoms with van der Waals surface area (Å²) in [5, 5.41) is 16.1. The number of alkyl halides is 3. The minimum absolute atomic E-state index is 0.271. The zero-order valence-corrected chi connectivity index (χ0v) is 15.2. The van der Waals surface area contributed by atoms with E-state index in [4.69, 9.17) is 4.42 Å². The predicted octanol–water partition coefficient (Wildman–Crippen LogP) is 4.80. The largest absolute Gasteiger partial charge is 0.469 e. The van der Waals surface area contributed by atoms with Gasteiger partial charge in [0, 0.05) is 5.69 Å². The number of nitrogens with zero attached hydrogens (tertiary/aromatic N) is 5. The molecule has 3 aromatic heterocycles. The summed E-state index contributed by atoms with van der Waals surface area (Å²) >= 11 is 1.07. The zero-order chi connectivity index (χ0) is 19.7. The normalized spacial score (nSPS) is 11.7. The van der Waals surface area contributed by atoms with E-state index >= 15 is 0 Å². The summed E-state index contributed by atoms with van der Waals surface area (Å²) in [4.78, 5) is 0. The van der Waals surface area contributed by atoms with Crippen LogP contribution in [0.4, 0.5) is 13.2 Å². The first-order valence-corrected chi connectivity index (χ1v) is 8.89. The molecule has 0 N–H and O–H groups in total. The molecular weight excluding hydrogens is 391 g/mol. The van der Waals surface area contributed by atoms with Gasteiger partial charge in [-0.25, -0.2) is 0 Å². The van der Waals surface area contributed by atoms with Crippen molar-refractivity contribution in [1.29, 1.82) is 0 Å². The lowest BCUT2D eigenvalue weighted by Gasteiger charge is -2.09. The van der Waals surface area contributed by atoms with Crippen molar-refractivity contribution >= 4 is 11.8 Å². The van der Waals surface area contributed by atoms with Gasteiger partial charge in [-0.1, -0.05) is 18.2 Å². The fraction of sp³-hybridized carbons (Fsp3) is 0.111. The summed E-state index contributed by atoms with van der Waals surface area (Å²) in [6.45, 7) is 1.81. The van der Waals surface area contributed by atoms with Crippen LogP contribution in [0.15, 0.2) is 69.4 Å². The van der Waals surface area contributed by atoms with Crippen molar-refractivity contribution in [2.24, 2.45) is 0 Å². The van der Waals surface area contributed by atoms with Gasteiger partial charge in [0.25, 0.3) is 0 Å². The first-order chi connectivity index (χ1) is 13.4. The van der Waals surface area contributed by atoms with E-state index in [1.165, 1.54) is 6.07 Å². The van der Waals surface area contributed by atoms with E-state index in [0.717, 1.165) is 29.1 Å². The topological polar surface area (TPSA) is 69.6 Å². The third kappa shape index (κ3) is 3.50. The molecular formula is C18H12F3N5OS. The summed E-state index contributed by atoms with van der Waals surface area (Å²) in [5.41, 5.74) is 0.517.